The fourth-order valence-electron chi connectivity index (χ4n) is 3.37. The van der Waals surface area contributed by atoms with Gasteiger partial charge in [0.05, 0.1) is 24.7 Å². The fraction of sp³-hybridized carbons (Fsp3) is 0.227. The molecule has 0 aliphatic rings. The molecule has 0 amide bonds. The van der Waals surface area contributed by atoms with Gasteiger partial charge >= 0.3 is 0 Å². The zero-order chi connectivity index (χ0) is 17.9. The highest BCUT2D eigenvalue weighted by atomic mass is 16.5. The van der Waals surface area contributed by atoms with E-state index < -0.39 is 0 Å². The van der Waals surface area contributed by atoms with Crippen molar-refractivity contribution < 1.29 is 4.74 Å². The van der Waals surface area contributed by atoms with E-state index in [4.69, 9.17) is 9.72 Å². The van der Waals surface area contributed by atoms with Crippen molar-refractivity contribution in [2.75, 3.05) is 13.7 Å². The Labute approximate surface area is 153 Å². The SMILES string of the molecule is CCNCc1nc2c3ccccc3ccc2n1Cc1ccc(OC)cc1. The highest BCUT2D eigenvalue weighted by Crippen LogP contribution is 2.27. The molecule has 0 saturated heterocycles. The van der Waals surface area contributed by atoms with Crippen molar-refractivity contribution in [1.29, 1.82) is 0 Å². The highest BCUT2D eigenvalue weighted by Gasteiger charge is 2.13. The monoisotopic (exact) mass is 345 g/mol. The number of methoxy groups -OCH3 is 1. The summed E-state index contributed by atoms with van der Waals surface area (Å²) in [5.74, 6) is 1.94. The minimum atomic E-state index is 0.760. The van der Waals surface area contributed by atoms with Gasteiger partial charge in [0, 0.05) is 11.9 Å². The Morgan fingerprint density at radius 2 is 1.81 bits per heavy atom. The summed E-state index contributed by atoms with van der Waals surface area (Å²) in [6, 6.07) is 21.1. The first kappa shape index (κ1) is 16.6. The maximum Gasteiger partial charge on any atom is 0.124 e. The van der Waals surface area contributed by atoms with E-state index in [9.17, 15) is 0 Å². The Kier molecular flexibility index (Phi) is 4.59. The summed E-state index contributed by atoms with van der Waals surface area (Å²) in [6.07, 6.45) is 0. The molecule has 0 fully saturated rings. The van der Waals surface area contributed by atoms with Crippen LogP contribution in [0.1, 0.15) is 18.3 Å². The van der Waals surface area contributed by atoms with Crippen LogP contribution >= 0.6 is 0 Å². The summed E-state index contributed by atoms with van der Waals surface area (Å²) in [6.45, 7) is 4.59. The summed E-state index contributed by atoms with van der Waals surface area (Å²) < 4.78 is 7.58. The summed E-state index contributed by atoms with van der Waals surface area (Å²) in [7, 11) is 1.69. The number of nitrogens with one attached hydrogen (secondary N) is 1. The van der Waals surface area contributed by atoms with E-state index in [1.54, 1.807) is 7.11 Å². The second-order valence-electron chi connectivity index (χ2n) is 6.40. The molecule has 0 saturated carbocycles. The molecule has 4 rings (SSSR count). The number of imidazole rings is 1. The van der Waals surface area contributed by atoms with Gasteiger partial charge < -0.3 is 14.6 Å². The van der Waals surface area contributed by atoms with Crippen LogP contribution in [0.25, 0.3) is 21.8 Å². The van der Waals surface area contributed by atoms with Crippen LogP contribution in [0, 0.1) is 0 Å². The third-order valence-electron chi connectivity index (χ3n) is 4.76. The molecule has 1 N–H and O–H groups in total. The maximum atomic E-state index is 5.27. The molecule has 0 aliphatic carbocycles. The number of rotatable bonds is 6. The Hall–Kier alpha value is -2.85. The second-order valence-corrected chi connectivity index (χ2v) is 6.40. The van der Waals surface area contributed by atoms with Gasteiger partial charge in [-0.25, -0.2) is 4.98 Å². The van der Waals surface area contributed by atoms with Crippen LogP contribution in [0.2, 0.25) is 0 Å². The lowest BCUT2D eigenvalue weighted by atomic mass is 10.1. The quantitative estimate of drug-likeness (QED) is 0.564. The molecule has 4 aromatic rings. The number of hydrogen-bond acceptors (Lipinski definition) is 3. The Morgan fingerprint density at radius 3 is 2.58 bits per heavy atom. The van der Waals surface area contributed by atoms with Crippen LogP contribution in [0.5, 0.6) is 5.75 Å². The zero-order valence-electron chi connectivity index (χ0n) is 15.2. The number of nitrogens with zero attached hydrogens (tertiary/aromatic N) is 2. The van der Waals surface area contributed by atoms with Crippen molar-refractivity contribution in [3.05, 3.63) is 72.1 Å². The third-order valence-corrected chi connectivity index (χ3v) is 4.76. The van der Waals surface area contributed by atoms with Gasteiger partial charge in [-0.05, 0) is 35.7 Å². The molecular weight excluding hydrogens is 322 g/mol. The van der Waals surface area contributed by atoms with Crippen LogP contribution in [-0.2, 0) is 13.1 Å². The van der Waals surface area contributed by atoms with Crippen LogP contribution in [0.4, 0.5) is 0 Å². The Morgan fingerprint density at radius 1 is 1.00 bits per heavy atom. The molecule has 0 radical (unpaired) electrons. The van der Waals surface area contributed by atoms with E-state index >= 15 is 0 Å². The molecule has 4 nitrogen and oxygen atoms in total. The summed E-state index contributed by atoms with van der Waals surface area (Å²) in [4.78, 5) is 4.98. The molecule has 0 unspecified atom stereocenters. The molecule has 26 heavy (non-hydrogen) atoms. The van der Waals surface area contributed by atoms with Gasteiger partial charge in [-0.15, -0.1) is 0 Å². The number of aromatic nitrogens is 2. The van der Waals surface area contributed by atoms with Gasteiger partial charge in [0.1, 0.15) is 11.6 Å². The van der Waals surface area contributed by atoms with Gasteiger partial charge in [-0.2, -0.15) is 0 Å². The number of ether oxygens (including phenoxy) is 1. The van der Waals surface area contributed by atoms with Crippen LogP contribution < -0.4 is 10.1 Å². The van der Waals surface area contributed by atoms with E-state index in [0.29, 0.717) is 0 Å². The lowest BCUT2D eigenvalue weighted by Crippen LogP contribution is -2.16. The summed E-state index contributed by atoms with van der Waals surface area (Å²) >= 11 is 0. The van der Waals surface area contributed by atoms with Crippen molar-refractivity contribution in [2.45, 2.75) is 20.0 Å². The maximum absolute atomic E-state index is 5.27. The van der Waals surface area contributed by atoms with Gasteiger partial charge in [-0.1, -0.05) is 49.4 Å². The molecule has 0 spiro atoms. The molecule has 0 aliphatic heterocycles. The van der Waals surface area contributed by atoms with Gasteiger partial charge in [0.2, 0.25) is 0 Å². The zero-order valence-corrected chi connectivity index (χ0v) is 15.2. The minimum Gasteiger partial charge on any atom is -0.497 e. The second kappa shape index (κ2) is 7.18. The lowest BCUT2D eigenvalue weighted by Gasteiger charge is -2.10. The smallest absolute Gasteiger partial charge is 0.124 e. The van der Waals surface area contributed by atoms with Crippen LogP contribution in [-0.4, -0.2) is 23.2 Å². The van der Waals surface area contributed by atoms with Gasteiger partial charge in [-0.3, -0.25) is 0 Å². The molecule has 4 heteroatoms. The topological polar surface area (TPSA) is 39.1 Å². The van der Waals surface area contributed by atoms with Crippen molar-refractivity contribution in [3.63, 3.8) is 0 Å². The fourth-order valence-corrected chi connectivity index (χ4v) is 3.37. The first-order valence-corrected chi connectivity index (χ1v) is 9.00. The summed E-state index contributed by atoms with van der Waals surface area (Å²) in [5, 5.41) is 5.85. The van der Waals surface area contributed by atoms with Gasteiger partial charge in [0.15, 0.2) is 0 Å². The van der Waals surface area contributed by atoms with Crippen molar-refractivity contribution >= 4 is 21.8 Å². The Balaban J connectivity index is 1.82. The van der Waals surface area contributed by atoms with Gasteiger partial charge in [0.25, 0.3) is 0 Å². The van der Waals surface area contributed by atoms with E-state index in [1.165, 1.54) is 21.9 Å². The lowest BCUT2D eigenvalue weighted by molar-refractivity contribution is 0.414. The van der Waals surface area contributed by atoms with E-state index in [0.717, 1.165) is 36.7 Å². The first-order valence-electron chi connectivity index (χ1n) is 9.00. The van der Waals surface area contributed by atoms with E-state index in [2.05, 4.69) is 65.3 Å². The third kappa shape index (κ3) is 3.04. The Bertz CT molecular complexity index is 1030. The number of benzene rings is 3. The van der Waals surface area contributed by atoms with E-state index in [-0.39, 0.29) is 0 Å². The van der Waals surface area contributed by atoms with Crippen molar-refractivity contribution in [2.24, 2.45) is 0 Å². The first-order chi connectivity index (χ1) is 12.8. The molecule has 1 aromatic heterocycles. The molecule has 3 aromatic carbocycles. The average Bonchev–Trinajstić information content (AvgIpc) is 3.05. The molecule has 0 bridgehead atoms. The van der Waals surface area contributed by atoms with E-state index in [1.807, 2.05) is 12.1 Å². The molecular formula is C22H23N3O. The molecule has 0 atom stereocenters. The van der Waals surface area contributed by atoms with Crippen molar-refractivity contribution in [1.82, 2.24) is 14.9 Å². The standard InChI is InChI=1S/C22H23N3O/c1-3-23-14-21-24-22-19-7-5-4-6-17(19)10-13-20(22)25(21)15-16-8-11-18(26-2)12-9-16/h4-13,23H,3,14-15H2,1-2H3. The number of fused-ring (bicyclic) bond motifs is 3. The summed E-state index contributed by atoms with van der Waals surface area (Å²) in [5.41, 5.74) is 3.48. The normalized spacial score (nSPS) is 11.3. The largest absolute Gasteiger partial charge is 0.497 e. The van der Waals surface area contributed by atoms with Crippen LogP contribution in [0.3, 0.4) is 0 Å². The predicted molar refractivity (Wildman–Crippen MR) is 107 cm³/mol. The average molecular weight is 345 g/mol. The predicted octanol–water partition coefficient (Wildman–Crippen LogP) is 4.36. The number of hydrogen-bond donors (Lipinski definition) is 1. The van der Waals surface area contributed by atoms with Crippen molar-refractivity contribution in [3.8, 4) is 5.75 Å². The minimum absolute atomic E-state index is 0.760. The molecule has 1 heterocycles. The molecule has 132 valence electrons. The highest BCUT2D eigenvalue weighted by molar-refractivity contribution is 6.04. The van der Waals surface area contributed by atoms with Crippen LogP contribution in [0.15, 0.2) is 60.7 Å².